The van der Waals surface area contributed by atoms with E-state index < -0.39 is 5.91 Å². The van der Waals surface area contributed by atoms with Crippen molar-refractivity contribution in [3.8, 4) is 22.6 Å². The number of benzene rings is 3. The number of aryl methyl sites for hydroxylation is 1. The van der Waals surface area contributed by atoms with E-state index in [2.05, 4.69) is 15.3 Å². The van der Waals surface area contributed by atoms with Gasteiger partial charge < -0.3 is 15.8 Å². The maximum absolute atomic E-state index is 12.4. The van der Waals surface area contributed by atoms with Crippen molar-refractivity contribution < 1.29 is 9.53 Å². The number of amides is 1. The van der Waals surface area contributed by atoms with Gasteiger partial charge in [0.1, 0.15) is 11.5 Å². The summed E-state index contributed by atoms with van der Waals surface area (Å²) < 4.78 is 5.99. The van der Waals surface area contributed by atoms with E-state index in [9.17, 15) is 4.79 Å². The Labute approximate surface area is 197 Å². The van der Waals surface area contributed by atoms with Gasteiger partial charge in [0.05, 0.1) is 5.52 Å². The van der Waals surface area contributed by atoms with E-state index in [1.54, 1.807) is 30.6 Å². The molecular weight excluding hydrogens is 424 g/mol. The lowest BCUT2D eigenvalue weighted by Crippen LogP contribution is -2.13. The van der Waals surface area contributed by atoms with Crippen LogP contribution in [0.15, 0.2) is 97.3 Å². The van der Waals surface area contributed by atoms with Gasteiger partial charge >= 0.3 is 0 Å². The van der Waals surface area contributed by atoms with Gasteiger partial charge in [-0.1, -0.05) is 36.4 Å². The number of carbonyl (C=O) groups is 1. The average Bonchev–Trinajstić information content (AvgIpc) is 2.84. The second kappa shape index (κ2) is 9.03. The first-order valence-corrected chi connectivity index (χ1v) is 10.8. The lowest BCUT2D eigenvalue weighted by molar-refractivity contribution is 0.100. The van der Waals surface area contributed by atoms with Crippen LogP contribution in [0, 0.1) is 6.92 Å². The van der Waals surface area contributed by atoms with Gasteiger partial charge in [0.25, 0.3) is 0 Å². The highest BCUT2D eigenvalue weighted by Gasteiger charge is 2.17. The fourth-order valence-electron chi connectivity index (χ4n) is 3.99. The maximum atomic E-state index is 12.4. The van der Waals surface area contributed by atoms with Crippen LogP contribution in [-0.4, -0.2) is 15.9 Å². The number of nitrogens with two attached hydrogens (primary N) is 1. The van der Waals surface area contributed by atoms with Crippen molar-refractivity contribution >= 4 is 28.2 Å². The van der Waals surface area contributed by atoms with Crippen molar-refractivity contribution in [2.24, 2.45) is 5.73 Å². The van der Waals surface area contributed by atoms with Gasteiger partial charge in [0.15, 0.2) is 0 Å². The predicted octanol–water partition coefficient (Wildman–Crippen LogP) is 6.24. The number of pyridine rings is 2. The minimum atomic E-state index is -0.505. The van der Waals surface area contributed by atoms with Crippen LogP contribution in [0.25, 0.3) is 22.0 Å². The molecule has 0 bridgehead atoms. The van der Waals surface area contributed by atoms with Gasteiger partial charge in [-0.05, 0) is 61.0 Å². The summed E-state index contributed by atoms with van der Waals surface area (Å²) in [7, 11) is 0. The van der Waals surface area contributed by atoms with Crippen molar-refractivity contribution in [3.05, 3.63) is 109 Å². The normalized spacial score (nSPS) is 10.7. The number of nitrogens with one attached hydrogen (secondary N) is 1. The molecule has 2 heterocycles. The Morgan fingerprint density at radius 1 is 0.853 bits per heavy atom. The molecule has 5 rings (SSSR count). The molecule has 6 heteroatoms. The summed E-state index contributed by atoms with van der Waals surface area (Å²) in [6.07, 6.45) is 3.34. The van der Waals surface area contributed by atoms with Crippen molar-refractivity contribution in [1.29, 1.82) is 0 Å². The first-order valence-electron chi connectivity index (χ1n) is 10.8. The largest absolute Gasteiger partial charge is 0.457 e. The average molecular weight is 447 g/mol. The minimum absolute atomic E-state index is 0.418. The van der Waals surface area contributed by atoms with Crippen LogP contribution in [0.1, 0.15) is 16.1 Å². The molecule has 0 saturated carbocycles. The van der Waals surface area contributed by atoms with E-state index in [0.29, 0.717) is 22.6 Å². The van der Waals surface area contributed by atoms with Crippen molar-refractivity contribution in [2.45, 2.75) is 6.92 Å². The van der Waals surface area contributed by atoms with Crippen LogP contribution < -0.4 is 15.8 Å². The third kappa shape index (κ3) is 4.29. The van der Waals surface area contributed by atoms with Crippen LogP contribution in [0.5, 0.6) is 11.5 Å². The molecule has 5 aromatic rings. The molecule has 0 aliphatic rings. The summed E-state index contributed by atoms with van der Waals surface area (Å²) in [5, 5.41) is 4.51. The molecule has 0 spiro atoms. The van der Waals surface area contributed by atoms with Gasteiger partial charge in [-0.25, -0.2) is 0 Å². The summed E-state index contributed by atoms with van der Waals surface area (Å²) in [6, 6.07) is 26.6. The highest BCUT2D eigenvalue weighted by Crippen LogP contribution is 2.37. The Balaban J connectivity index is 1.62. The summed E-state index contributed by atoms with van der Waals surface area (Å²) in [5.41, 5.74) is 11.1. The number of aromatic nitrogens is 2. The highest BCUT2D eigenvalue weighted by molar-refractivity contribution is 6.04. The standard InChI is InChI=1S/C28H22N4O2/c1-18-16-26(22-8-2-3-10-24(22)31-18)32-25-11-5-9-23(28(29)33)27(25)19-6-4-7-21(17-19)34-20-12-14-30-15-13-20/h2-17H,1H3,(H2,29,33)(H,31,32). The Hall–Kier alpha value is -4.71. The van der Waals surface area contributed by atoms with Crippen LogP contribution in [0.2, 0.25) is 0 Å². The van der Waals surface area contributed by atoms with E-state index >= 15 is 0 Å². The molecule has 0 radical (unpaired) electrons. The fraction of sp³-hybridized carbons (Fsp3) is 0.0357. The zero-order chi connectivity index (χ0) is 23.5. The first kappa shape index (κ1) is 21.2. The number of ether oxygens (including phenoxy) is 1. The highest BCUT2D eigenvalue weighted by atomic mass is 16.5. The molecule has 0 fully saturated rings. The molecule has 3 aromatic carbocycles. The number of hydrogen-bond donors (Lipinski definition) is 2. The molecule has 1 amide bonds. The SMILES string of the molecule is Cc1cc(Nc2cccc(C(N)=O)c2-c2cccc(Oc3ccncc3)c2)c2ccccc2n1. The zero-order valence-corrected chi connectivity index (χ0v) is 18.5. The van der Waals surface area contributed by atoms with Crippen LogP contribution in [0.4, 0.5) is 11.4 Å². The lowest BCUT2D eigenvalue weighted by atomic mass is 9.96. The van der Waals surface area contributed by atoms with E-state index in [-0.39, 0.29) is 0 Å². The minimum Gasteiger partial charge on any atom is -0.457 e. The van der Waals surface area contributed by atoms with E-state index in [0.717, 1.165) is 33.5 Å². The molecule has 0 atom stereocenters. The molecule has 2 aromatic heterocycles. The molecule has 6 nitrogen and oxygen atoms in total. The quantitative estimate of drug-likeness (QED) is 0.322. The van der Waals surface area contributed by atoms with E-state index in [4.69, 9.17) is 10.5 Å². The first-order chi connectivity index (χ1) is 16.6. The van der Waals surface area contributed by atoms with Crippen molar-refractivity contribution in [1.82, 2.24) is 9.97 Å². The molecule has 3 N–H and O–H groups in total. The summed E-state index contributed by atoms with van der Waals surface area (Å²) in [6.45, 7) is 1.96. The fourth-order valence-corrected chi connectivity index (χ4v) is 3.99. The Kier molecular flexibility index (Phi) is 5.62. The Bertz CT molecular complexity index is 1500. The molecule has 166 valence electrons. The molecule has 0 saturated heterocycles. The van der Waals surface area contributed by atoms with Gasteiger partial charge in [-0.15, -0.1) is 0 Å². The summed E-state index contributed by atoms with van der Waals surface area (Å²) in [5.74, 6) is 0.807. The third-order valence-corrected chi connectivity index (χ3v) is 5.45. The monoisotopic (exact) mass is 446 g/mol. The van der Waals surface area contributed by atoms with Crippen molar-refractivity contribution in [3.63, 3.8) is 0 Å². The third-order valence-electron chi connectivity index (χ3n) is 5.45. The Morgan fingerprint density at radius 3 is 2.47 bits per heavy atom. The number of primary amides is 1. The van der Waals surface area contributed by atoms with Gasteiger partial charge in [0.2, 0.25) is 5.91 Å². The number of nitrogens with zero attached hydrogens (tertiary/aromatic N) is 2. The topological polar surface area (TPSA) is 90.1 Å². The van der Waals surface area contributed by atoms with Crippen LogP contribution in [0.3, 0.4) is 0 Å². The van der Waals surface area contributed by atoms with Gasteiger partial charge in [-0.3, -0.25) is 14.8 Å². The van der Waals surface area contributed by atoms with Gasteiger partial charge in [-0.2, -0.15) is 0 Å². The number of para-hydroxylation sites is 1. The second-order valence-electron chi connectivity index (χ2n) is 7.86. The number of fused-ring (bicyclic) bond motifs is 1. The lowest BCUT2D eigenvalue weighted by Gasteiger charge is -2.17. The predicted molar refractivity (Wildman–Crippen MR) is 134 cm³/mol. The van der Waals surface area contributed by atoms with Gasteiger partial charge in [0, 0.05) is 46.0 Å². The van der Waals surface area contributed by atoms with Crippen molar-refractivity contribution in [2.75, 3.05) is 5.32 Å². The second-order valence-corrected chi connectivity index (χ2v) is 7.86. The van der Waals surface area contributed by atoms with Crippen LogP contribution in [-0.2, 0) is 0 Å². The summed E-state index contributed by atoms with van der Waals surface area (Å²) >= 11 is 0. The number of anilines is 2. The number of rotatable bonds is 6. The summed E-state index contributed by atoms with van der Waals surface area (Å²) in [4.78, 5) is 21.0. The molecule has 34 heavy (non-hydrogen) atoms. The molecule has 0 aliphatic heterocycles. The number of carbonyl (C=O) groups excluding carboxylic acids is 1. The maximum Gasteiger partial charge on any atom is 0.249 e. The molecular formula is C28H22N4O2. The smallest absolute Gasteiger partial charge is 0.249 e. The molecule has 0 aliphatic carbocycles. The molecule has 0 unspecified atom stereocenters. The Morgan fingerprint density at radius 2 is 1.65 bits per heavy atom. The zero-order valence-electron chi connectivity index (χ0n) is 18.5. The van der Waals surface area contributed by atoms with E-state index in [1.807, 2.05) is 73.7 Å². The van der Waals surface area contributed by atoms with E-state index in [1.165, 1.54) is 0 Å². The van der Waals surface area contributed by atoms with Crippen LogP contribution >= 0.6 is 0 Å². The number of hydrogen-bond acceptors (Lipinski definition) is 5.